The Labute approximate surface area is 281 Å². The van der Waals surface area contributed by atoms with Crippen LogP contribution in [0.5, 0.6) is 0 Å². The zero-order valence-electron chi connectivity index (χ0n) is 26.9. The van der Waals surface area contributed by atoms with Crippen LogP contribution in [0, 0.1) is 40.4 Å². The van der Waals surface area contributed by atoms with Crippen molar-refractivity contribution in [2.75, 3.05) is 0 Å². The number of hydrogen-bond donors (Lipinski definition) is 0. The van der Waals surface area contributed by atoms with Crippen molar-refractivity contribution in [3.8, 4) is 12.1 Å². The molecule has 0 spiro atoms. The predicted octanol–water partition coefficient (Wildman–Crippen LogP) is 10.8. The molecule has 0 aliphatic heterocycles. The lowest BCUT2D eigenvalue weighted by atomic mass is 9.73. The monoisotopic (exact) mass is 614 g/mol. The van der Waals surface area contributed by atoms with Crippen molar-refractivity contribution in [3.63, 3.8) is 0 Å². The molecule has 2 heteroatoms. The predicted molar refractivity (Wildman–Crippen MR) is 191 cm³/mol. The normalized spacial score (nSPS) is 28.5. The molecular weight excluding hydrogens is 581 g/mol. The third kappa shape index (κ3) is 3.67. The molecule has 0 fully saturated rings. The van der Waals surface area contributed by atoms with Gasteiger partial charge in [0.15, 0.2) is 0 Å². The van der Waals surface area contributed by atoms with Crippen LogP contribution in [-0.4, -0.2) is 0 Å². The average Bonchev–Trinajstić information content (AvgIpc) is 3.52. The molecule has 228 valence electrons. The van der Waals surface area contributed by atoms with Crippen LogP contribution in [0.2, 0.25) is 0 Å². The van der Waals surface area contributed by atoms with E-state index in [2.05, 4.69) is 79.0 Å². The number of rotatable bonds is 0. The minimum Gasteiger partial charge on any atom is -0.192 e. The van der Waals surface area contributed by atoms with E-state index in [9.17, 15) is 10.5 Å². The Balaban J connectivity index is 1.22. The van der Waals surface area contributed by atoms with E-state index in [1.54, 1.807) is 11.1 Å². The molecule has 11 rings (SSSR count). The number of fused-ring (bicyclic) bond motifs is 4. The molecule has 2 nitrogen and oxygen atoms in total. The lowest BCUT2D eigenvalue weighted by Crippen LogP contribution is -2.14. The van der Waals surface area contributed by atoms with Crippen molar-refractivity contribution in [2.45, 2.75) is 57.3 Å². The highest BCUT2D eigenvalue weighted by Crippen LogP contribution is 2.56. The zero-order chi connectivity index (χ0) is 31.7. The molecule has 0 saturated carbocycles. The van der Waals surface area contributed by atoms with E-state index in [1.807, 2.05) is 18.2 Å². The molecule has 0 saturated heterocycles. The maximum atomic E-state index is 10.9. The molecule has 9 aliphatic carbocycles. The SMILES string of the molecule is N#Cc1c2c(c(C#N)c3ccccc13)C1CC3=C4C=C1CC1=C2CC2C=CC5=C(C=C6CC7=C(C=CC6C5)CC(C=C3)C(=C7)C4)CC2=C1. The fourth-order valence-electron chi connectivity index (χ4n) is 10.6. The van der Waals surface area contributed by atoms with E-state index < -0.39 is 0 Å². The molecule has 0 heterocycles. The largest absolute Gasteiger partial charge is 0.192 e. The highest BCUT2D eigenvalue weighted by molar-refractivity contribution is 6.00. The Kier molecular flexibility index (Phi) is 5.42. The lowest BCUT2D eigenvalue weighted by molar-refractivity contribution is 0.699. The van der Waals surface area contributed by atoms with Gasteiger partial charge < -0.3 is 0 Å². The minimum absolute atomic E-state index is 0.0694. The summed E-state index contributed by atoms with van der Waals surface area (Å²) in [6.45, 7) is 0. The summed E-state index contributed by atoms with van der Waals surface area (Å²) in [7, 11) is 0. The smallest absolute Gasteiger partial charge is 0.100 e. The van der Waals surface area contributed by atoms with Gasteiger partial charge in [-0.1, -0.05) is 107 Å². The third-order valence-corrected chi connectivity index (χ3v) is 13.0. The molecule has 8 bridgehead atoms. The van der Waals surface area contributed by atoms with Crippen molar-refractivity contribution in [3.05, 3.63) is 169 Å². The maximum absolute atomic E-state index is 10.9. The van der Waals surface area contributed by atoms with E-state index in [1.165, 1.54) is 55.7 Å². The molecule has 0 amide bonds. The van der Waals surface area contributed by atoms with E-state index in [0.29, 0.717) is 11.8 Å². The summed E-state index contributed by atoms with van der Waals surface area (Å²) in [5.41, 5.74) is 21.2. The number of allylic oxidation sites excluding steroid dienone is 22. The highest BCUT2D eigenvalue weighted by Gasteiger charge is 2.39. The van der Waals surface area contributed by atoms with E-state index >= 15 is 0 Å². The van der Waals surface area contributed by atoms with E-state index in [4.69, 9.17) is 0 Å². The first-order chi connectivity index (χ1) is 23.6. The summed E-state index contributed by atoms with van der Waals surface area (Å²) in [6.07, 6.45) is 32.8. The second-order valence-corrected chi connectivity index (χ2v) is 15.3. The summed E-state index contributed by atoms with van der Waals surface area (Å²) in [4.78, 5) is 0. The van der Waals surface area contributed by atoms with Gasteiger partial charge in [0.2, 0.25) is 0 Å². The Hall–Kier alpha value is -5.18. The van der Waals surface area contributed by atoms with Crippen molar-refractivity contribution < 1.29 is 0 Å². The molecule has 4 atom stereocenters. The van der Waals surface area contributed by atoms with Gasteiger partial charge in [0.1, 0.15) is 12.1 Å². The molecule has 48 heavy (non-hydrogen) atoms. The van der Waals surface area contributed by atoms with Gasteiger partial charge in [0.25, 0.3) is 0 Å². The van der Waals surface area contributed by atoms with Crippen molar-refractivity contribution >= 4 is 16.3 Å². The number of hydrogen-bond acceptors (Lipinski definition) is 2. The molecule has 0 radical (unpaired) electrons. The Morgan fingerprint density at radius 1 is 0.500 bits per heavy atom. The first-order valence-electron chi connectivity index (χ1n) is 17.8. The van der Waals surface area contributed by atoms with Crippen LogP contribution in [0.25, 0.3) is 16.3 Å². The molecule has 0 N–H and O–H groups in total. The first-order valence-corrected chi connectivity index (χ1v) is 17.8. The molecule has 9 aliphatic rings. The fourth-order valence-corrected chi connectivity index (χ4v) is 10.6. The van der Waals surface area contributed by atoms with Gasteiger partial charge >= 0.3 is 0 Å². The van der Waals surface area contributed by atoms with Crippen LogP contribution >= 0.6 is 0 Å². The van der Waals surface area contributed by atoms with Crippen LogP contribution in [0.3, 0.4) is 0 Å². The number of benzene rings is 2. The van der Waals surface area contributed by atoms with Gasteiger partial charge in [-0.3, -0.25) is 0 Å². The zero-order valence-corrected chi connectivity index (χ0v) is 26.9. The molecule has 4 unspecified atom stereocenters. The molecule has 2 aromatic rings. The fraction of sp³-hybridized carbons (Fsp3) is 0.261. The second-order valence-electron chi connectivity index (χ2n) is 15.3. The van der Waals surface area contributed by atoms with Gasteiger partial charge in [0, 0.05) is 40.0 Å². The Bertz CT molecular complexity index is 2420. The van der Waals surface area contributed by atoms with Crippen LogP contribution in [0.4, 0.5) is 0 Å². The third-order valence-electron chi connectivity index (χ3n) is 13.0. The summed E-state index contributed by atoms with van der Waals surface area (Å²) >= 11 is 0. The van der Waals surface area contributed by atoms with Gasteiger partial charge in [-0.2, -0.15) is 10.5 Å². The maximum Gasteiger partial charge on any atom is 0.100 e. The summed E-state index contributed by atoms with van der Waals surface area (Å²) in [5.74, 6) is 1.22. The van der Waals surface area contributed by atoms with E-state index in [-0.39, 0.29) is 11.8 Å². The summed E-state index contributed by atoms with van der Waals surface area (Å²) in [5, 5.41) is 23.7. The van der Waals surface area contributed by atoms with Gasteiger partial charge in [-0.15, -0.1) is 0 Å². The van der Waals surface area contributed by atoms with Crippen LogP contribution in [-0.2, 0) is 0 Å². The quantitative estimate of drug-likeness (QED) is 0.296. The highest BCUT2D eigenvalue weighted by atomic mass is 14.4. The van der Waals surface area contributed by atoms with Gasteiger partial charge in [-0.25, -0.2) is 0 Å². The summed E-state index contributed by atoms with van der Waals surface area (Å²) < 4.78 is 0. The van der Waals surface area contributed by atoms with Gasteiger partial charge in [-0.05, 0) is 102 Å². The van der Waals surface area contributed by atoms with E-state index in [0.717, 1.165) is 84.4 Å². The lowest BCUT2D eigenvalue weighted by Gasteiger charge is -2.30. The standard InChI is InChI=1S/C46H34N2/c47-23-43-39-3-1-2-4-40(39)44(24-48)46-42-22-30-10-8-28-12-26-6-5-25-11-27-7-9-29-21-41(45(43)46)37-18-35(29)16-33(27)14-31(25)13-32(26)15-34(28)17-36(30)19-38(42)20-37/h1-10,14-15,18-19,25,28-29,42H,11-13,16-17,20-22H2. The number of nitriles is 2. The number of nitrogens with zero attached hydrogens (tertiary/aromatic N) is 2. The Morgan fingerprint density at radius 3 is 1.56 bits per heavy atom. The molecule has 2 aromatic carbocycles. The first kappa shape index (κ1) is 26.8. The van der Waals surface area contributed by atoms with Gasteiger partial charge in [0.05, 0.1) is 11.1 Å². The minimum atomic E-state index is 0.0694. The van der Waals surface area contributed by atoms with Crippen LogP contribution in [0.1, 0.15) is 79.5 Å². The van der Waals surface area contributed by atoms with Crippen molar-refractivity contribution in [2.24, 2.45) is 17.8 Å². The average molecular weight is 615 g/mol. The Morgan fingerprint density at radius 2 is 0.979 bits per heavy atom. The second kappa shape index (κ2) is 9.69. The van der Waals surface area contributed by atoms with Crippen molar-refractivity contribution in [1.82, 2.24) is 0 Å². The molecule has 0 aromatic heterocycles. The summed E-state index contributed by atoms with van der Waals surface area (Å²) in [6, 6.07) is 13.5. The molecular formula is C46H34N2. The topological polar surface area (TPSA) is 47.6 Å². The van der Waals surface area contributed by atoms with Crippen molar-refractivity contribution in [1.29, 1.82) is 10.5 Å². The van der Waals surface area contributed by atoms with Crippen LogP contribution in [0.15, 0.2) is 146 Å². The van der Waals surface area contributed by atoms with Crippen LogP contribution < -0.4 is 0 Å².